The first-order valence-corrected chi connectivity index (χ1v) is 7.76. The Balaban J connectivity index is 1.56. The summed E-state index contributed by atoms with van der Waals surface area (Å²) in [7, 11) is 1.61. The average molecular weight is 306 g/mol. The fraction of sp³-hybridized carbons (Fsp3) is 0.667. The van der Waals surface area contributed by atoms with Gasteiger partial charge in [-0.25, -0.2) is 0 Å². The molecule has 1 aromatic heterocycles. The second-order valence-corrected chi connectivity index (χ2v) is 6.11. The number of aromatic nitrogens is 2. The van der Waals surface area contributed by atoms with E-state index in [9.17, 15) is 9.59 Å². The number of hydrogen-bond donors (Lipinski definition) is 2. The van der Waals surface area contributed by atoms with Crippen LogP contribution in [0.3, 0.4) is 0 Å². The Morgan fingerprint density at radius 2 is 2.23 bits per heavy atom. The minimum atomic E-state index is -0.127. The Morgan fingerprint density at radius 1 is 1.45 bits per heavy atom. The molecule has 2 amide bonds. The Kier molecular flexibility index (Phi) is 4.15. The largest absolute Gasteiger partial charge is 0.375 e. The van der Waals surface area contributed by atoms with Crippen molar-refractivity contribution in [3.05, 3.63) is 17.5 Å². The smallest absolute Gasteiger partial charge is 0.274 e. The first kappa shape index (κ1) is 15.0. The van der Waals surface area contributed by atoms with Gasteiger partial charge in [0.15, 0.2) is 5.69 Å². The second kappa shape index (κ2) is 6.08. The minimum Gasteiger partial charge on any atom is -0.375 e. The zero-order valence-electron chi connectivity index (χ0n) is 13.0. The van der Waals surface area contributed by atoms with Crippen LogP contribution in [0.1, 0.15) is 48.5 Å². The number of ether oxygens (including phenoxy) is 1. The van der Waals surface area contributed by atoms with Crippen molar-refractivity contribution in [1.82, 2.24) is 20.4 Å². The zero-order valence-corrected chi connectivity index (χ0v) is 13.0. The van der Waals surface area contributed by atoms with Crippen molar-refractivity contribution in [1.29, 1.82) is 0 Å². The van der Waals surface area contributed by atoms with Crippen molar-refractivity contribution in [2.45, 2.75) is 38.3 Å². The molecule has 1 saturated carbocycles. The molecule has 2 N–H and O–H groups in total. The predicted molar refractivity (Wildman–Crippen MR) is 79.2 cm³/mol. The van der Waals surface area contributed by atoms with Gasteiger partial charge in [0.2, 0.25) is 5.91 Å². The first-order chi connectivity index (χ1) is 10.6. The number of aromatic amines is 1. The quantitative estimate of drug-likeness (QED) is 0.844. The Morgan fingerprint density at radius 3 is 2.91 bits per heavy atom. The van der Waals surface area contributed by atoms with Gasteiger partial charge in [0.05, 0.1) is 11.8 Å². The van der Waals surface area contributed by atoms with E-state index in [1.165, 1.54) is 0 Å². The number of carbonyl (C=O) groups is 2. The normalized spacial score (nSPS) is 22.6. The van der Waals surface area contributed by atoms with E-state index in [-0.39, 0.29) is 29.9 Å². The van der Waals surface area contributed by atoms with E-state index >= 15 is 0 Å². The first-order valence-electron chi connectivity index (χ1n) is 7.76. The van der Waals surface area contributed by atoms with Gasteiger partial charge in [-0.15, -0.1) is 0 Å². The lowest BCUT2D eigenvalue weighted by atomic mass is 10.2. The molecule has 3 rings (SSSR count). The summed E-state index contributed by atoms with van der Waals surface area (Å²) in [5.41, 5.74) is 1.18. The van der Waals surface area contributed by atoms with E-state index in [4.69, 9.17) is 4.74 Å². The number of amides is 2. The summed E-state index contributed by atoms with van der Waals surface area (Å²) in [4.78, 5) is 26.0. The molecule has 1 saturated heterocycles. The maximum atomic E-state index is 12.4. The van der Waals surface area contributed by atoms with Crippen molar-refractivity contribution >= 4 is 11.8 Å². The van der Waals surface area contributed by atoms with Crippen molar-refractivity contribution < 1.29 is 14.3 Å². The van der Waals surface area contributed by atoms with Crippen molar-refractivity contribution in [3.63, 3.8) is 0 Å². The molecule has 1 aliphatic heterocycles. The molecule has 0 radical (unpaired) electrons. The maximum absolute atomic E-state index is 12.4. The van der Waals surface area contributed by atoms with Crippen LogP contribution in [-0.2, 0) is 9.53 Å². The second-order valence-electron chi connectivity index (χ2n) is 6.11. The molecule has 2 heterocycles. The van der Waals surface area contributed by atoms with Crippen LogP contribution >= 0.6 is 0 Å². The van der Waals surface area contributed by atoms with Crippen LogP contribution in [0.4, 0.5) is 0 Å². The van der Waals surface area contributed by atoms with Gasteiger partial charge in [0.1, 0.15) is 0 Å². The van der Waals surface area contributed by atoms with Crippen molar-refractivity contribution in [2.75, 3.05) is 20.2 Å². The highest BCUT2D eigenvalue weighted by atomic mass is 16.5. The molecule has 1 aliphatic carbocycles. The molecule has 7 nitrogen and oxygen atoms in total. The van der Waals surface area contributed by atoms with Crippen molar-refractivity contribution in [3.8, 4) is 0 Å². The number of rotatable bonds is 5. The minimum absolute atomic E-state index is 0.0633. The Labute approximate surface area is 129 Å². The number of nitrogens with zero attached hydrogens (tertiary/aromatic N) is 2. The summed E-state index contributed by atoms with van der Waals surface area (Å²) >= 11 is 0. The van der Waals surface area contributed by atoms with Crippen LogP contribution in [0.2, 0.25) is 0 Å². The van der Waals surface area contributed by atoms with Gasteiger partial charge >= 0.3 is 0 Å². The van der Waals surface area contributed by atoms with Crippen molar-refractivity contribution in [2.24, 2.45) is 5.92 Å². The highest BCUT2D eigenvalue weighted by Crippen LogP contribution is 2.29. The highest BCUT2D eigenvalue weighted by Gasteiger charge is 2.34. The number of likely N-dealkylation sites (tertiary alicyclic amines) is 1. The van der Waals surface area contributed by atoms with Crippen LogP contribution in [0.25, 0.3) is 0 Å². The van der Waals surface area contributed by atoms with Crippen LogP contribution in [0.15, 0.2) is 6.07 Å². The number of carbonyl (C=O) groups excluding carboxylic acids is 2. The molecule has 7 heteroatoms. The third kappa shape index (κ3) is 3.14. The molecule has 1 aromatic rings. The topological polar surface area (TPSA) is 87.3 Å². The van der Waals surface area contributed by atoms with Crippen LogP contribution in [0.5, 0.6) is 0 Å². The van der Waals surface area contributed by atoms with Crippen LogP contribution < -0.4 is 5.32 Å². The standard InChI is InChI=1S/C15H22N4O3/c1-9(22-2)12-7-13(18-17-12)15(21)19-6-5-11(8-19)16-14(20)10-3-4-10/h7,9-11H,3-6,8H2,1-2H3,(H,16,20)(H,17,18). The van der Waals surface area contributed by atoms with Gasteiger partial charge < -0.3 is 15.0 Å². The third-order valence-electron chi connectivity index (χ3n) is 4.38. The summed E-state index contributed by atoms with van der Waals surface area (Å²) < 4.78 is 5.20. The van der Waals surface area contributed by atoms with E-state index in [0.29, 0.717) is 18.8 Å². The van der Waals surface area contributed by atoms with E-state index in [0.717, 1.165) is 25.0 Å². The molecule has 2 unspecified atom stereocenters. The molecule has 120 valence electrons. The van der Waals surface area contributed by atoms with Gasteiger partial charge in [-0.1, -0.05) is 0 Å². The number of methoxy groups -OCH3 is 1. The fourth-order valence-electron chi connectivity index (χ4n) is 2.67. The van der Waals surface area contributed by atoms with Crippen LogP contribution in [-0.4, -0.2) is 53.2 Å². The SMILES string of the molecule is COC(C)c1cc(C(=O)N2CCC(NC(=O)C3CC3)C2)n[nH]1. The molecular weight excluding hydrogens is 284 g/mol. The molecule has 2 fully saturated rings. The Hall–Kier alpha value is -1.89. The summed E-state index contributed by atoms with van der Waals surface area (Å²) in [6.07, 6.45) is 2.66. The van der Waals surface area contributed by atoms with E-state index < -0.39 is 0 Å². The Bertz CT molecular complexity index is 567. The van der Waals surface area contributed by atoms with Gasteiger partial charge in [-0.2, -0.15) is 5.10 Å². The number of nitrogens with one attached hydrogen (secondary N) is 2. The van der Waals surface area contributed by atoms with Gasteiger partial charge in [0.25, 0.3) is 5.91 Å². The summed E-state index contributed by atoms with van der Waals surface area (Å²) in [6, 6.07) is 1.79. The molecular formula is C15H22N4O3. The monoisotopic (exact) mass is 306 g/mol. The van der Waals surface area contributed by atoms with Gasteiger partial charge in [-0.3, -0.25) is 14.7 Å². The summed E-state index contributed by atoms with van der Waals surface area (Å²) in [5, 5.41) is 9.93. The number of H-pyrrole nitrogens is 1. The average Bonchev–Trinajstić information content (AvgIpc) is 3.08. The van der Waals surface area contributed by atoms with E-state index in [1.807, 2.05) is 6.92 Å². The van der Waals surface area contributed by atoms with Gasteiger partial charge in [0, 0.05) is 32.2 Å². The molecule has 0 aromatic carbocycles. The predicted octanol–water partition coefficient (Wildman–Crippen LogP) is 0.858. The maximum Gasteiger partial charge on any atom is 0.274 e. The van der Waals surface area contributed by atoms with Crippen LogP contribution in [0, 0.1) is 5.92 Å². The molecule has 2 aliphatic rings. The molecule has 22 heavy (non-hydrogen) atoms. The number of hydrogen-bond acceptors (Lipinski definition) is 4. The van der Waals surface area contributed by atoms with Gasteiger partial charge in [-0.05, 0) is 32.3 Å². The highest BCUT2D eigenvalue weighted by molar-refractivity contribution is 5.92. The van der Waals surface area contributed by atoms with E-state index in [2.05, 4.69) is 15.5 Å². The fourth-order valence-corrected chi connectivity index (χ4v) is 2.67. The summed E-state index contributed by atoms with van der Waals surface area (Å²) in [6.45, 7) is 3.09. The summed E-state index contributed by atoms with van der Waals surface area (Å²) in [5.74, 6) is 0.235. The lowest BCUT2D eigenvalue weighted by Gasteiger charge is -2.16. The molecule has 0 bridgehead atoms. The molecule has 2 atom stereocenters. The lowest BCUT2D eigenvalue weighted by molar-refractivity contribution is -0.122. The van der Waals surface area contributed by atoms with E-state index in [1.54, 1.807) is 18.1 Å². The third-order valence-corrected chi connectivity index (χ3v) is 4.38. The molecule has 0 spiro atoms. The zero-order chi connectivity index (χ0) is 15.7. The lowest BCUT2D eigenvalue weighted by Crippen LogP contribution is -2.39.